The molecule has 0 amide bonds. The minimum Gasteiger partial charge on any atom is -0.309 e. The second kappa shape index (κ2) is 6.00. The van der Waals surface area contributed by atoms with Crippen molar-refractivity contribution in [3.63, 3.8) is 0 Å². The number of thioether (sulfide) groups is 2. The highest BCUT2D eigenvalue weighted by molar-refractivity contribution is 8.06. The number of hydrogen-bond donors (Lipinski definition) is 1. The van der Waals surface area contributed by atoms with E-state index in [1.54, 1.807) is 10.4 Å². The molecule has 1 aromatic rings. The van der Waals surface area contributed by atoms with E-state index < -0.39 is 0 Å². The summed E-state index contributed by atoms with van der Waals surface area (Å²) < 4.78 is 0. The monoisotopic (exact) mass is 285 g/mol. The van der Waals surface area contributed by atoms with Gasteiger partial charge in [-0.1, -0.05) is 0 Å². The normalized spacial score (nSPS) is 28.9. The summed E-state index contributed by atoms with van der Waals surface area (Å²) in [4.78, 5) is 1.62. The van der Waals surface area contributed by atoms with Crippen LogP contribution in [-0.2, 0) is 6.42 Å². The number of aryl methyl sites for hydroxylation is 1. The minimum atomic E-state index is 0.637. The van der Waals surface area contributed by atoms with Gasteiger partial charge in [0.1, 0.15) is 0 Å². The van der Waals surface area contributed by atoms with E-state index in [0.717, 1.165) is 5.25 Å². The Balaban J connectivity index is 1.56. The fraction of sp³-hybridized carbons (Fsp3) is 0.692. The van der Waals surface area contributed by atoms with Gasteiger partial charge < -0.3 is 5.32 Å². The zero-order chi connectivity index (χ0) is 11.5. The van der Waals surface area contributed by atoms with E-state index in [1.165, 1.54) is 43.1 Å². The first-order valence-electron chi connectivity index (χ1n) is 6.42. The predicted octanol–water partition coefficient (Wildman–Crippen LogP) is 3.56. The molecule has 3 rings (SSSR count). The standard InChI is InChI=1S/C13H19NS3/c1-2-12(11-4-5-17-13(11)3-1)14-8-10-9-15-6-7-16-10/h4-5,10,12,14H,1-3,6-9H2. The highest BCUT2D eigenvalue weighted by Gasteiger charge is 2.22. The fourth-order valence-corrected chi connectivity index (χ4v) is 6.24. The van der Waals surface area contributed by atoms with Gasteiger partial charge in [0.05, 0.1) is 0 Å². The van der Waals surface area contributed by atoms with Gasteiger partial charge in [-0.2, -0.15) is 23.5 Å². The van der Waals surface area contributed by atoms with E-state index in [1.807, 2.05) is 11.3 Å². The molecule has 1 nitrogen and oxygen atoms in total. The molecule has 2 unspecified atom stereocenters. The molecule has 1 fully saturated rings. The molecule has 1 aromatic heterocycles. The van der Waals surface area contributed by atoms with Crippen LogP contribution < -0.4 is 5.32 Å². The summed E-state index contributed by atoms with van der Waals surface area (Å²) in [5.41, 5.74) is 1.59. The van der Waals surface area contributed by atoms with E-state index >= 15 is 0 Å². The number of fused-ring (bicyclic) bond motifs is 1. The largest absolute Gasteiger partial charge is 0.309 e. The van der Waals surface area contributed by atoms with Gasteiger partial charge in [0.25, 0.3) is 0 Å². The van der Waals surface area contributed by atoms with Gasteiger partial charge in [-0.05, 0) is 36.3 Å². The van der Waals surface area contributed by atoms with E-state index in [2.05, 4.69) is 40.3 Å². The van der Waals surface area contributed by atoms with Crippen LogP contribution in [0.4, 0.5) is 0 Å². The van der Waals surface area contributed by atoms with E-state index in [9.17, 15) is 0 Å². The predicted molar refractivity (Wildman–Crippen MR) is 81.6 cm³/mol. The topological polar surface area (TPSA) is 12.0 Å². The summed E-state index contributed by atoms with van der Waals surface area (Å²) in [6.07, 6.45) is 3.99. The lowest BCUT2D eigenvalue weighted by molar-refractivity contribution is 0.467. The third-order valence-electron chi connectivity index (χ3n) is 3.53. The van der Waals surface area contributed by atoms with Crippen LogP contribution in [-0.4, -0.2) is 29.1 Å². The molecule has 1 aliphatic heterocycles. The lowest BCUT2D eigenvalue weighted by atomic mass is 9.94. The maximum Gasteiger partial charge on any atom is 0.0331 e. The SMILES string of the molecule is c1cc2c(s1)CCCC2NCC1CSCCS1. The Morgan fingerprint density at radius 3 is 3.24 bits per heavy atom. The van der Waals surface area contributed by atoms with Gasteiger partial charge in [-0.25, -0.2) is 0 Å². The molecular weight excluding hydrogens is 266 g/mol. The number of thiophene rings is 1. The molecule has 0 radical (unpaired) electrons. The lowest BCUT2D eigenvalue weighted by Crippen LogP contribution is -2.33. The van der Waals surface area contributed by atoms with Crippen molar-refractivity contribution in [2.24, 2.45) is 0 Å². The molecule has 1 saturated heterocycles. The molecule has 1 N–H and O–H groups in total. The van der Waals surface area contributed by atoms with Crippen LogP contribution in [0.25, 0.3) is 0 Å². The molecule has 2 aliphatic rings. The first-order valence-corrected chi connectivity index (χ1v) is 9.51. The second-order valence-electron chi connectivity index (χ2n) is 4.72. The summed E-state index contributed by atoms with van der Waals surface area (Å²) in [6.45, 7) is 1.19. The Bertz CT molecular complexity index is 357. The summed E-state index contributed by atoms with van der Waals surface area (Å²) in [7, 11) is 0. The van der Waals surface area contributed by atoms with Crippen molar-refractivity contribution in [3.8, 4) is 0 Å². The average Bonchev–Trinajstić information content (AvgIpc) is 2.86. The first kappa shape index (κ1) is 12.4. The fourth-order valence-electron chi connectivity index (χ4n) is 2.63. The van der Waals surface area contributed by atoms with Gasteiger partial charge in [0.2, 0.25) is 0 Å². The Labute approximate surface area is 116 Å². The van der Waals surface area contributed by atoms with Crippen LogP contribution in [0.3, 0.4) is 0 Å². The zero-order valence-corrected chi connectivity index (χ0v) is 12.4. The van der Waals surface area contributed by atoms with Crippen molar-refractivity contribution in [1.29, 1.82) is 0 Å². The molecule has 2 atom stereocenters. The third-order valence-corrected chi connectivity index (χ3v) is 7.37. The Morgan fingerprint density at radius 1 is 1.35 bits per heavy atom. The molecule has 17 heavy (non-hydrogen) atoms. The Hall–Kier alpha value is 0.360. The molecule has 2 heterocycles. The number of hydrogen-bond acceptors (Lipinski definition) is 4. The lowest BCUT2D eigenvalue weighted by Gasteiger charge is -2.27. The molecule has 1 aliphatic carbocycles. The molecule has 0 bridgehead atoms. The molecule has 0 aromatic carbocycles. The Morgan fingerprint density at radius 2 is 2.35 bits per heavy atom. The number of rotatable bonds is 3. The van der Waals surface area contributed by atoms with Gasteiger partial charge in [0.15, 0.2) is 0 Å². The second-order valence-corrected chi connectivity index (χ2v) is 8.28. The average molecular weight is 286 g/mol. The highest BCUT2D eigenvalue weighted by Crippen LogP contribution is 2.33. The summed E-state index contributed by atoms with van der Waals surface area (Å²) in [5.74, 6) is 4.02. The summed E-state index contributed by atoms with van der Waals surface area (Å²) in [5, 5.41) is 6.90. The smallest absolute Gasteiger partial charge is 0.0331 e. The van der Waals surface area contributed by atoms with E-state index in [-0.39, 0.29) is 0 Å². The quantitative estimate of drug-likeness (QED) is 0.912. The molecule has 0 spiro atoms. The van der Waals surface area contributed by atoms with Crippen LogP contribution in [0.15, 0.2) is 11.4 Å². The molecular formula is C13H19NS3. The van der Waals surface area contributed by atoms with Crippen LogP contribution in [0.5, 0.6) is 0 Å². The van der Waals surface area contributed by atoms with Gasteiger partial charge in [-0.3, -0.25) is 0 Å². The van der Waals surface area contributed by atoms with Crippen LogP contribution >= 0.6 is 34.9 Å². The van der Waals surface area contributed by atoms with Crippen molar-refractivity contribution in [2.45, 2.75) is 30.6 Å². The van der Waals surface area contributed by atoms with Crippen molar-refractivity contribution in [1.82, 2.24) is 5.32 Å². The molecule has 4 heteroatoms. The summed E-state index contributed by atoms with van der Waals surface area (Å²) in [6, 6.07) is 2.97. The van der Waals surface area contributed by atoms with E-state index in [0.29, 0.717) is 6.04 Å². The van der Waals surface area contributed by atoms with Crippen LogP contribution in [0.2, 0.25) is 0 Å². The zero-order valence-electron chi connectivity index (χ0n) is 9.98. The van der Waals surface area contributed by atoms with Gasteiger partial charge in [-0.15, -0.1) is 11.3 Å². The van der Waals surface area contributed by atoms with Gasteiger partial charge in [0, 0.05) is 40.0 Å². The van der Waals surface area contributed by atoms with Crippen molar-refractivity contribution in [2.75, 3.05) is 23.8 Å². The van der Waals surface area contributed by atoms with Crippen molar-refractivity contribution in [3.05, 3.63) is 21.9 Å². The first-order chi connectivity index (χ1) is 8.43. The Kier molecular flexibility index (Phi) is 4.38. The van der Waals surface area contributed by atoms with Crippen molar-refractivity contribution < 1.29 is 0 Å². The maximum absolute atomic E-state index is 3.81. The van der Waals surface area contributed by atoms with Gasteiger partial charge >= 0.3 is 0 Å². The van der Waals surface area contributed by atoms with E-state index in [4.69, 9.17) is 0 Å². The highest BCUT2D eigenvalue weighted by atomic mass is 32.2. The molecule has 94 valence electrons. The number of nitrogens with one attached hydrogen (secondary N) is 1. The third kappa shape index (κ3) is 3.03. The van der Waals surface area contributed by atoms with Crippen molar-refractivity contribution >= 4 is 34.9 Å². The van der Waals surface area contributed by atoms with Crippen LogP contribution in [0, 0.1) is 0 Å². The maximum atomic E-state index is 3.81. The molecule has 0 saturated carbocycles. The summed E-state index contributed by atoms with van der Waals surface area (Å²) >= 11 is 6.21. The minimum absolute atomic E-state index is 0.637. The van der Waals surface area contributed by atoms with Crippen LogP contribution in [0.1, 0.15) is 29.3 Å².